The Morgan fingerprint density at radius 2 is 1.65 bits per heavy atom. The number of phenolic OH excluding ortho intramolecular Hbond substituents is 1. The van der Waals surface area contributed by atoms with Crippen molar-refractivity contribution in [3.63, 3.8) is 0 Å². The van der Waals surface area contributed by atoms with Crippen molar-refractivity contribution in [2.45, 2.75) is 25.5 Å². The van der Waals surface area contributed by atoms with E-state index in [1.54, 1.807) is 12.1 Å². The molecule has 0 aliphatic rings. The lowest BCUT2D eigenvalue weighted by Crippen LogP contribution is -2.32. The normalized spacial score (nSPS) is 13.9. The molecule has 0 heterocycles. The summed E-state index contributed by atoms with van der Waals surface area (Å²) < 4.78 is 0. The van der Waals surface area contributed by atoms with Crippen molar-refractivity contribution in [1.82, 2.24) is 5.32 Å². The van der Waals surface area contributed by atoms with Crippen LogP contribution < -0.4 is 5.32 Å². The lowest BCUT2D eigenvalue weighted by atomic mass is 10.1. The zero-order chi connectivity index (χ0) is 14.4. The van der Waals surface area contributed by atoms with E-state index < -0.39 is 6.10 Å². The molecule has 106 valence electrons. The van der Waals surface area contributed by atoms with Crippen LogP contribution in [0, 0.1) is 0 Å². The molecule has 3 heteroatoms. The van der Waals surface area contributed by atoms with Crippen LogP contribution in [0.15, 0.2) is 54.6 Å². The second-order valence-corrected chi connectivity index (χ2v) is 5.11. The molecule has 0 aliphatic carbocycles. The molecule has 0 aliphatic heterocycles. The Balaban J connectivity index is 1.80. The van der Waals surface area contributed by atoms with Crippen LogP contribution in [0.4, 0.5) is 0 Å². The van der Waals surface area contributed by atoms with Gasteiger partial charge in [-0.15, -0.1) is 0 Å². The molecule has 0 aromatic heterocycles. The van der Waals surface area contributed by atoms with E-state index in [4.69, 9.17) is 0 Å². The monoisotopic (exact) mass is 271 g/mol. The van der Waals surface area contributed by atoms with Gasteiger partial charge >= 0.3 is 0 Å². The Morgan fingerprint density at radius 1 is 1.00 bits per heavy atom. The first kappa shape index (κ1) is 14.6. The number of aliphatic hydroxyl groups excluding tert-OH is 1. The van der Waals surface area contributed by atoms with E-state index in [0.717, 1.165) is 17.5 Å². The van der Waals surface area contributed by atoms with Gasteiger partial charge in [-0.2, -0.15) is 0 Å². The summed E-state index contributed by atoms with van der Waals surface area (Å²) in [6.45, 7) is 2.62. The molecule has 0 saturated heterocycles. The Bertz CT molecular complexity index is 510. The van der Waals surface area contributed by atoms with Gasteiger partial charge in [0, 0.05) is 12.6 Å². The van der Waals surface area contributed by atoms with Crippen molar-refractivity contribution in [2.75, 3.05) is 6.54 Å². The topological polar surface area (TPSA) is 52.5 Å². The molecule has 0 spiro atoms. The summed E-state index contributed by atoms with van der Waals surface area (Å²) in [4.78, 5) is 0. The minimum absolute atomic E-state index is 0.262. The number of phenols is 1. The zero-order valence-corrected chi connectivity index (χ0v) is 11.7. The standard InChI is InChI=1S/C17H21NO2/c1-13(11-14-7-9-16(19)10-8-14)18-12-17(20)15-5-3-2-4-6-15/h2-10,13,17-20H,11-12H2,1H3/t13-,17-/m1/s1. The number of hydrogen-bond acceptors (Lipinski definition) is 3. The molecule has 2 aromatic rings. The summed E-state index contributed by atoms with van der Waals surface area (Å²) >= 11 is 0. The quantitative estimate of drug-likeness (QED) is 0.757. The molecule has 0 bridgehead atoms. The number of aromatic hydroxyl groups is 1. The highest BCUT2D eigenvalue weighted by atomic mass is 16.3. The van der Waals surface area contributed by atoms with Crippen LogP contribution in [0.2, 0.25) is 0 Å². The number of aliphatic hydroxyl groups is 1. The van der Waals surface area contributed by atoms with E-state index in [-0.39, 0.29) is 11.8 Å². The highest BCUT2D eigenvalue weighted by molar-refractivity contribution is 5.26. The van der Waals surface area contributed by atoms with Gasteiger partial charge in [0.2, 0.25) is 0 Å². The Kier molecular flexibility index (Phi) is 5.16. The average molecular weight is 271 g/mol. The van der Waals surface area contributed by atoms with Crippen LogP contribution in [0.1, 0.15) is 24.2 Å². The fraction of sp³-hybridized carbons (Fsp3) is 0.294. The van der Waals surface area contributed by atoms with Gasteiger partial charge in [0.1, 0.15) is 5.75 Å². The van der Waals surface area contributed by atoms with Crippen molar-refractivity contribution in [3.05, 3.63) is 65.7 Å². The fourth-order valence-electron chi connectivity index (χ4n) is 2.16. The average Bonchev–Trinajstić information content (AvgIpc) is 2.48. The summed E-state index contributed by atoms with van der Waals surface area (Å²) in [7, 11) is 0. The highest BCUT2D eigenvalue weighted by Gasteiger charge is 2.09. The van der Waals surface area contributed by atoms with Crippen LogP contribution in [0.3, 0.4) is 0 Å². The third kappa shape index (κ3) is 4.37. The first-order valence-electron chi connectivity index (χ1n) is 6.89. The number of rotatable bonds is 6. The van der Waals surface area contributed by atoms with E-state index in [0.29, 0.717) is 6.54 Å². The largest absolute Gasteiger partial charge is 0.508 e. The lowest BCUT2D eigenvalue weighted by molar-refractivity contribution is 0.170. The summed E-state index contributed by atoms with van der Waals surface area (Å²) in [5, 5.41) is 22.7. The van der Waals surface area contributed by atoms with Gasteiger partial charge in [0.15, 0.2) is 0 Å². The van der Waals surface area contributed by atoms with E-state index in [2.05, 4.69) is 12.2 Å². The number of nitrogens with one attached hydrogen (secondary N) is 1. The third-order valence-corrected chi connectivity index (χ3v) is 3.32. The summed E-state index contributed by atoms with van der Waals surface area (Å²) in [5.74, 6) is 0.286. The Labute approximate surface area is 119 Å². The second-order valence-electron chi connectivity index (χ2n) is 5.11. The number of hydrogen-bond donors (Lipinski definition) is 3. The first-order chi connectivity index (χ1) is 9.65. The van der Waals surface area contributed by atoms with Crippen LogP contribution >= 0.6 is 0 Å². The van der Waals surface area contributed by atoms with Gasteiger partial charge in [-0.05, 0) is 36.6 Å². The third-order valence-electron chi connectivity index (χ3n) is 3.32. The predicted octanol–water partition coefficient (Wildman–Crippen LogP) is 2.65. The Hall–Kier alpha value is -1.84. The lowest BCUT2D eigenvalue weighted by Gasteiger charge is -2.17. The molecule has 0 fully saturated rings. The van der Waals surface area contributed by atoms with Crippen LogP contribution in [0.5, 0.6) is 5.75 Å². The van der Waals surface area contributed by atoms with Crippen molar-refractivity contribution in [3.8, 4) is 5.75 Å². The summed E-state index contributed by atoms with van der Waals surface area (Å²) in [6, 6.07) is 17.1. The van der Waals surface area contributed by atoms with Crippen molar-refractivity contribution in [2.24, 2.45) is 0 Å². The molecule has 2 rings (SSSR count). The molecule has 0 radical (unpaired) electrons. The van der Waals surface area contributed by atoms with E-state index in [1.807, 2.05) is 42.5 Å². The van der Waals surface area contributed by atoms with Gasteiger partial charge < -0.3 is 15.5 Å². The van der Waals surface area contributed by atoms with Crippen molar-refractivity contribution >= 4 is 0 Å². The maximum atomic E-state index is 10.1. The molecule has 2 aromatic carbocycles. The maximum Gasteiger partial charge on any atom is 0.115 e. The minimum atomic E-state index is -0.488. The maximum absolute atomic E-state index is 10.1. The van der Waals surface area contributed by atoms with Gasteiger partial charge in [-0.25, -0.2) is 0 Å². The van der Waals surface area contributed by atoms with Gasteiger partial charge in [0.05, 0.1) is 6.10 Å². The molecule has 3 N–H and O–H groups in total. The summed E-state index contributed by atoms with van der Waals surface area (Å²) in [6.07, 6.45) is 0.375. The van der Waals surface area contributed by atoms with Crippen LogP contribution in [0.25, 0.3) is 0 Å². The minimum Gasteiger partial charge on any atom is -0.508 e. The molecular weight excluding hydrogens is 250 g/mol. The second kappa shape index (κ2) is 7.08. The molecule has 20 heavy (non-hydrogen) atoms. The van der Waals surface area contributed by atoms with E-state index in [9.17, 15) is 10.2 Å². The molecule has 0 unspecified atom stereocenters. The van der Waals surface area contributed by atoms with Gasteiger partial charge in [-0.3, -0.25) is 0 Å². The van der Waals surface area contributed by atoms with E-state index >= 15 is 0 Å². The van der Waals surface area contributed by atoms with Gasteiger partial charge in [-0.1, -0.05) is 42.5 Å². The van der Waals surface area contributed by atoms with Crippen molar-refractivity contribution in [1.29, 1.82) is 0 Å². The Morgan fingerprint density at radius 3 is 2.30 bits per heavy atom. The fourth-order valence-corrected chi connectivity index (χ4v) is 2.16. The molecule has 2 atom stereocenters. The SMILES string of the molecule is C[C@H](Cc1ccc(O)cc1)NC[C@@H](O)c1ccccc1. The molecule has 0 saturated carbocycles. The van der Waals surface area contributed by atoms with Gasteiger partial charge in [0.25, 0.3) is 0 Å². The smallest absolute Gasteiger partial charge is 0.115 e. The first-order valence-corrected chi connectivity index (χ1v) is 6.89. The summed E-state index contributed by atoms with van der Waals surface area (Å²) in [5.41, 5.74) is 2.09. The van der Waals surface area contributed by atoms with Crippen molar-refractivity contribution < 1.29 is 10.2 Å². The zero-order valence-electron chi connectivity index (χ0n) is 11.7. The molecule has 0 amide bonds. The predicted molar refractivity (Wildman–Crippen MR) is 80.7 cm³/mol. The van der Waals surface area contributed by atoms with Crippen LogP contribution in [-0.2, 0) is 6.42 Å². The molecule has 3 nitrogen and oxygen atoms in total. The number of benzene rings is 2. The highest BCUT2D eigenvalue weighted by Crippen LogP contribution is 2.13. The van der Waals surface area contributed by atoms with E-state index in [1.165, 1.54) is 0 Å². The molecular formula is C17H21NO2. The van der Waals surface area contributed by atoms with Crippen LogP contribution in [-0.4, -0.2) is 22.8 Å².